The van der Waals surface area contributed by atoms with Gasteiger partial charge in [-0.1, -0.05) is 13.8 Å². The predicted molar refractivity (Wildman–Crippen MR) is 91.3 cm³/mol. The van der Waals surface area contributed by atoms with Crippen molar-refractivity contribution in [3.63, 3.8) is 0 Å². The minimum atomic E-state index is -1.02. The first-order valence-corrected chi connectivity index (χ1v) is 7.65. The number of hydrogen-bond acceptors (Lipinski definition) is 6. The molecule has 0 aliphatic carbocycles. The summed E-state index contributed by atoms with van der Waals surface area (Å²) in [6, 6.07) is 0. The van der Waals surface area contributed by atoms with Crippen LogP contribution in [0, 0.1) is 11.8 Å². The number of ketones is 3. The third-order valence-electron chi connectivity index (χ3n) is 2.81. The normalized spacial score (nSPS) is 11.8. The van der Waals surface area contributed by atoms with Crippen LogP contribution < -0.4 is 0 Å². The average Bonchev–Trinajstić information content (AvgIpc) is 2.37. The number of carbonyl (C=O) groups excluding carboxylic acids is 3. The Balaban J connectivity index is -0.000000138. The molecular weight excluding hydrogens is 423 g/mol. The molecule has 2 unspecified atom stereocenters. The number of rotatable bonds is 7. The van der Waals surface area contributed by atoms with Crippen LogP contribution in [0.4, 0.5) is 0 Å². The van der Waals surface area contributed by atoms with Gasteiger partial charge in [0.05, 0.1) is 5.76 Å². The summed E-state index contributed by atoms with van der Waals surface area (Å²) in [5.74, 6) is -4.26. The van der Waals surface area contributed by atoms with E-state index in [9.17, 15) is 24.0 Å². The van der Waals surface area contributed by atoms with Crippen LogP contribution in [0.2, 0.25) is 0 Å². The van der Waals surface area contributed by atoms with Crippen LogP contribution in [0.1, 0.15) is 54.4 Å². The van der Waals surface area contributed by atoms with E-state index in [4.69, 9.17) is 15.3 Å². The van der Waals surface area contributed by atoms with Gasteiger partial charge in [0.15, 0.2) is 5.78 Å². The van der Waals surface area contributed by atoms with E-state index in [2.05, 4.69) is 0 Å². The molecule has 0 radical (unpaired) electrons. The van der Waals surface area contributed by atoms with Crippen LogP contribution in [0.5, 0.6) is 0 Å². The van der Waals surface area contributed by atoms with Crippen LogP contribution in [0.3, 0.4) is 0 Å². The van der Waals surface area contributed by atoms with Crippen molar-refractivity contribution in [2.75, 3.05) is 0 Å². The molecule has 0 rings (SSSR count). The molecule has 0 aromatic rings. The van der Waals surface area contributed by atoms with Gasteiger partial charge in [-0.25, -0.2) is 0 Å². The number of aliphatic hydroxyl groups is 1. The van der Waals surface area contributed by atoms with Crippen LogP contribution in [-0.4, -0.2) is 44.6 Å². The molecular formula is C17H28O8Zr. The Morgan fingerprint density at radius 2 is 1.00 bits per heavy atom. The van der Waals surface area contributed by atoms with Crippen molar-refractivity contribution in [3.05, 3.63) is 11.8 Å². The van der Waals surface area contributed by atoms with Crippen LogP contribution in [-0.2, 0) is 50.2 Å². The molecule has 0 aromatic carbocycles. The van der Waals surface area contributed by atoms with E-state index in [1.165, 1.54) is 33.8 Å². The molecule has 0 aliphatic heterocycles. The number of aliphatic hydroxyl groups excluding tert-OH is 1. The number of hydrogen-bond donors (Lipinski definition) is 3. The van der Waals surface area contributed by atoms with Gasteiger partial charge in [-0.15, -0.1) is 0 Å². The Hall–Kier alpha value is -1.63. The van der Waals surface area contributed by atoms with Gasteiger partial charge in [-0.05, 0) is 40.5 Å². The molecule has 148 valence electrons. The first kappa shape index (κ1) is 32.1. The van der Waals surface area contributed by atoms with Gasteiger partial charge in [0.2, 0.25) is 0 Å². The summed E-state index contributed by atoms with van der Waals surface area (Å²) >= 11 is 0. The summed E-state index contributed by atoms with van der Waals surface area (Å²) in [6.07, 6.45) is 1.93. The third-order valence-corrected chi connectivity index (χ3v) is 2.81. The predicted octanol–water partition coefficient (Wildman–Crippen LogP) is 2.41. The number of allylic oxidation sites excluding steroid dienone is 2. The smallest absolute Gasteiger partial charge is 0.314 e. The average molecular weight is 452 g/mol. The Bertz CT molecular complexity index is 447. The summed E-state index contributed by atoms with van der Waals surface area (Å²) in [4.78, 5) is 51.2. The number of carboxylic acids is 2. The standard InChI is InChI=1S/2C6H10O3.C5H8O2.Zr/c2*1-3-5(4(2)7)6(8)9;1-4(6)3-5(2)7;/h2*5H,3H2,1-2H3,(H,8,9);3,6H,1-2H3;/b;;4-3-;. The van der Waals surface area contributed by atoms with Crippen molar-refractivity contribution >= 4 is 29.3 Å². The molecule has 2 atom stereocenters. The zero-order chi connectivity index (χ0) is 20.7. The number of carboxylic acid groups (broad SMARTS) is 2. The van der Waals surface area contributed by atoms with E-state index in [0.29, 0.717) is 12.8 Å². The number of aliphatic carboxylic acids is 2. The SMILES string of the molecule is CC(=O)/C=C(/C)O.CCC(C(C)=O)C(=O)O.CCC(C(C)=O)C(=O)O.[Zr]. The second-order valence-corrected chi connectivity index (χ2v) is 5.22. The van der Waals surface area contributed by atoms with Crippen LogP contribution in [0.25, 0.3) is 0 Å². The van der Waals surface area contributed by atoms with Crippen molar-refractivity contribution in [1.29, 1.82) is 0 Å². The molecule has 0 heterocycles. The topological polar surface area (TPSA) is 146 Å². The molecule has 0 spiro atoms. The maximum Gasteiger partial charge on any atom is 0.314 e. The summed E-state index contributed by atoms with van der Waals surface area (Å²) in [5.41, 5.74) is 0. The molecule has 0 aromatic heterocycles. The van der Waals surface area contributed by atoms with Crippen molar-refractivity contribution < 1.29 is 65.5 Å². The number of carbonyl (C=O) groups is 5. The molecule has 26 heavy (non-hydrogen) atoms. The van der Waals surface area contributed by atoms with Crippen molar-refractivity contribution in [3.8, 4) is 0 Å². The fourth-order valence-corrected chi connectivity index (χ4v) is 1.57. The van der Waals surface area contributed by atoms with Crippen LogP contribution in [0.15, 0.2) is 11.8 Å². The first-order valence-electron chi connectivity index (χ1n) is 7.65. The van der Waals surface area contributed by atoms with Crippen molar-refractivity contribution in [1.82, 2.24) is 0 Å². The molecule has 0 saturated heterocycles. The Morgan fingerprint density at radius 3 is 1.00 bits per heavy atom. The molecule has 0 amide bonds. The van der Waals surface area contributed by atoms with E-state index in [1.807, 2.05) is 0 Å². The quantitative estimate of drug-likeness (QED) is 0.304. The molecule has 9 heteroatoms. The second-order valence-electron chi connectivity index (χ2n) is 5.22. The van der Waals surface area contributed by atoms with Gasteiger partial charge in [0, 0.05) is 32.3 Å². The first-order chi connectivity index (χ1) is 11.3. The third kappa shape index (κ3) is 20.4. The maximum atomic E-state index is 10.4. The Labute approximate surface area is 172 Å². The van der Waals surface area contributed by atoms with E-state index in [0.717, 1.165) is 0 Å². The fourth-order valence-electron chi connectivity index (χ4n) is 1.57. The van der Waals surface area contributed by atoms with Gasteiger partial charge in [0.25, 0.3) is 0 Å². The molecule has 0 saturated carbocycles. The molecule has 0 fully saturated rings. The van der Waals surface area contributed by atoms with Gasteiger partial charge in [0.1, 0.15) is 23.4 Å². The minimum absolute atomic E-state index is 0. The van der Waals surface area contributed by atoms with Gasteiger partial charge in [-0.3, -0.25) is 24.0 Å². The van der Waals surface area contributed by atoms with Crippen molar-refractivity contribution in [2.24, 2.45) is 11.8 Å². The van der Waals surface area contributed by atoms with E-state index >= 15 is 0 Å². The van der Waals surface area contributed by atoms with Crippen LogP contribution >= 0.6 is 0 Å². The number of Topliss-reactive ketones (excluding diaryl/α,β-unsaturated/α-hetero) is 2. The molecule has 0 bridgehead atoms. The summed E-state index contributed by atoms with van der Waals surface area (Å²) in [5, 5.41) is 25.0. The Kier molecular flexibility index (Phi) is 22.4. The minimum Gasteiger partial charge on any atom is -0.512 e. The summed E-state index contributed by atoms with van der Waals surface area (Å²) in [7, 11) is 0. The van der Waals surface area contributed by atoms with E-state index in [-0.39, 0.29) is 49.3 Å². The second kappa shape index (κ2) is 18.2. The van der Waals surface area contributed by atoms with Gasteiger partial charge in [-0.2, -0.15) is 0 Å². The molecule has 0 aliphatic rings. The van der Waals surface area contributed by atoms with Gasteiger partial charge < -0.3 is 15.3 Å². The van der Waals surface area contributed by atoms with Gasteiger partial charge >= 0.3 is 11.9 Å². The fraction of sp³-hybridized carbons (Fsp3) is 0.588. The van der Waals surface area contributed by atoms with E-state index in [1.54, 1.807) is 13.8 Å². The largest absolute Gasteiger partial charge is 0.512 e. The van der Waals surface area contributed by atoms with E-state index < -0.39 is 23.8 Å². The summed E-state index contributed by atoms with van der Waals surface area (Å²) < 4.78 is 0. The molecule has 8 nitrogen and oxygen atoms in total. The molecule has 3 N–H and O–H groups in total. The Morgan fingerprint density at radius 1 is 0.731 bits per heavy atom. The summed E-state index contributed by atoms with van der Waals surface area (Å²) in [6.45, 7) is 8.80. The van der Waals surface area contributed by atoms with Crippen molar-refractivity contribution in [2.45, 2.75) is 54.4 Å². The zero-order valence-electron chi connectivity index (χ0n) is 16.0. The monoisotopic (exact) mass is 450 g/mol. The maximum absolute atomic E-state index is 10.4. The zero-order valence-corrected chi connectivity index (χ0v) is 18.5.